The van der Waals surface area contributed by atoms with Crippen LogP contribution in [0.4, 0.5) is 13.2 Å². The molecule has 2 rings (SSSR count). The van der Waals surface area contributed by atoms with Crippen LogP contribution in [0.15, 0.2) is 0 Å². The quantitative estimate of drug-likeness (QED) is 0.787. The third-order valence-corrected chi connectivity index (χ3v) is 3.98. The van der Waals surface area contributed by atoms with Gasteiger partial charge in [-0.05, 0) is 39.2 Å². The van der Waals surface area contributed by atoms with Gasteiger partial charge in [-0.1, -0.05) is 0 Å². The largest absolute Gasteiger partial charge is 0.393 e. The van der Waals surface area contributed by atoms with Gasteiger partial charge >= 0.3 is 6.18 Å². The molecule has 0 bridgehead atoms. The first-order valence-electron chi connectivity index (χ1n) is 7.00. The molecule has 0 radical (unpaired) electrons. The van der Waals surface area contributed by atoms with Crippen LogP contribution in [0.2, 0.25) is 0 Å². The fourth-order valence-electron chi connectivity index (χ4n) is 2.77. The van der Waals surface area contributed by atoms with Crippen LogP contribution < -0.4 is 0 Å². The van der Waals surface area contributed by atoms with Crippen molar-refractivity contribution in [3.8, 4) is 0 Å². The second kappa shape index (κ2) is 5.69. The molecule has 0 unspecified atom stereocenters. The summed E-state index contributed by atoms with van der Waals surface area (Å²) in [5, 5.41) is 0. The zero-order valence-electron chi connectivity index (χ0n) is 11.2. The average Bonchev–Trinajstić information content (AvgIpc) is 3.13. The molecule has 1 heterocycles. The van der Waals surface area contributed by atoms with E-state index in [0.717, 1.165) is 12.8 Å². The second-order valence-electron chi connectivity index (χ2n) is 5.53. The van der Waals surface area contributed by atoms with Gasteiger partial charge in [0.25, 0.3) is 0 Å². The van der Waals surface area contributed by atoms with Crippen molar-refractivity contribution in [2.75, 3.05) is 26.2 Å². The Morgan fingerprint density at radius 1 is 1.32 bits per heavy atom. The van der Waals surface area contributed by atoms with Crippen LogP contribution in [-0.2, 0) is 4.79 Å². The van der Waals surface area contributed by atoms with Gasteiger partial charge in [0.05, 0.1) is 12.5 Å². The Kier molecular flexibility index (Phi) is 4.38. The first-order valence-corrected chi connectivity index (χ1v) is 7.00. The minimum absolute atomic E-state index is 0.0205. The van der Waals surface area contributed by atoms with Gasteiger partial charge in [-0.15, -0.1) is 0 Å². The molecule has 0 N–H and O–H groups in total. The predicted octanol–water partition coefficient (Wildman–Crippen LogP) is 2.27. The lowest BCUT2D eigenvalue weighted by molar-refractivity contribution is -0.187. The first-order chi connectivity index (χ1) is 8.91. The number of likely N-dealkylation sites (N-methyl/N-ethyl adjacent to an activating group) is 1. The molecule has 0 spiro atoms. The summed E-state index contributed by atoms with van der Waals surface area (Å²) in [6.45, 7) is 3.28. The lowest BCUT2D eigenvalue weighted by Gasteiger charge is -2.34. The van der Waals surface area contributed by atoms with Gasteiger partial charge in [0.1, 0.15) is 0 Å². The number of alkyl halides is 3. The Morgan fingerprint density at radius 2 is 2.00 bits per heavy atom. The summed E-state index contributed by atoms with van der Waals surface area (Å²) in [4.78, 5) is 15.5. The average molecular weight is 278 g/mol. The molecule has 0 aromatic rings. The number of carbonyl (C=O) groups is 1. The minimum Gasteiger partial charge on any atom is -0.339 e. The number of carbonyl (C=O) groups excluding carboxylic acids is 1. The molecule has 0 aromatic heterocycles. The molecular weight excluding hydrogens is 257 g/mol. The number of halogens is 3. The molecule has 1 saturated carbocycles. The third kappa shape index (κ3) is 3.84. The van der Waals surface area contributed by atoms with Crippen molar-refractivity contribution in [2.24, 2.45) is 5.92 Å². The molecule has 1 aliphatic heterocycles. The van der Waals surface area contributed by atoms with Crippen LogP contribution >= 0.6 is 0 Å². The Labute approximate surface area is 111 Å². The summed E-state index contributed by atoms with van der Waals surface area (Å²) < 4.78 is 38.1. The minimum atomic E-state index is -4.14. The molecule has 19 heavy (non-hydrogen) atoms. The van der Waals surface area contributed by atoms with Gasteiger partial charge in [-0.2, -0.15) is 13.2 Å². The topological polar surface area (TPSA) is 23.6 Å². The highest BCUT2D eigenvalue weighted by Gasteiger charge is 2.42. The smallest absolute Gasteiger partial charge is 0.339 e. The van der Waals surface area contributed by atoms with E-state index in [2.05, 4.69) is 0 Å². The van der Waals surface area contributed by atoms with E-state index in [0.29, 0.717) is 25.6 Å². The maximum atomic E-state index is 12.7. The number of hydrogen-bond donors (Lipinski definition) is 0. The molecular formula is C13H21F3N2O. The molecule has 2 fully saturated rings. The van der Waals surface area contributed by atoms with Crippen molar-refractivity contribution in [1.29, 1.82) is 0 Å². The maximum absolute atomic E-state index is 12.7. The highest BCUT2D eigenvalue weighted by atomic mass is 19.4. The fourth-order valence-corrected chi connectivity index (χ4v) is 2.77. The van der Waals surface area contributed by atoms with E-state index in [9.17, 15) is 18.0 Å². The molecule has 1 aliphatic carbocycles. The molecule has 0 aromatic carbocycles. The Morgan fingerprint density at radius 3 is 2.53 bits per heavy atom. The van der Waals surface area contributed by atoms with Crippen LogP contribution in [0.5, 0.6) is 0 Å². The van der Waals surface area contributed by atoms with Crippen LogP contribution in [0.3, 0.4) is 0 Å². The summed E-state index contributed by atoms with van der Waals surface area (Å²) >= 11 is 0. The molecule has 6 heteroatoms. The van der Waals surface area contributed by atoms with E-state index in [1.165, 1.54) is 0 Å². The van der Waals surface area contributed by atoms with Crippen LogP contribution in [-0.4, -0.2) is 54.1 Å². The normalized spacial score (nSPS) is 25.4. The first kappa shape index (κ1) is 14.6. The summed E-state index contributed by atoms with van der Waals surface area (Å²) in [5.41, 5.74) is 0. The van der Waals surface area contributed by atoms with E-state index in [1.807, 2.05) is 6.92 Å². The standard InChI is InChI=1S/C13H21F3N2O/c1-2-18(11-5-6-11)12(19)9-17-7-3-4-10(8-17)13(14,15)16/h10-11H,2-9H2,1H3/t10-/m0/s1. The number of rotatable bonds is 4. The summed E-state index contributed by atoms with van der Waals surface area (Å²) in [7, 11) is 0. The van der Waals surface area contributed by atoms with Crippen molar-refractivity contribution < 1.29 is 18.0 Å². The number of amides is 1. The number of likely N-dealkylation sites (tertiary alicyclic amines) is 1. The lowest BCUT2D eigenvalue weighted by Crippen LogP contribution is -2.47. The van der Waals surface area contributed by atoms with Gasteiger partial charge in [0.15, 0.2) is 0 Å². The van der Waals surface area contributed by atoms with E-state index >= 15 is 0 Å². The Bertz CT molecular complexity index is 328. The van der Waals surface area contributed by atoms with Crippen molar-refractivity contribution in [1.82, 2.24) is 9.80 Å². The van der Waals surface area contributed by atoms with E-state index in [4.69, 9.17) is 0 Å². The Balaban J connectivity index is 1.86. The molecule has 3 nitrogen and oxygen atoms in total. The van der Waals surface area contributed by atoms with Crippen LogP contribution in [0, 0.1) is 5.92 Å². The van der Waals surface area contributed by atoms with Gasteiger partial charge in [-0.3, -0.25) is 9.69 Å². The highest BCUT2D eigenvalue weighted by molar-refractivity contribution is 5.78. The third-order valence-electron chi connectivity index (χ3n) is 3.98. The fraction of sp³-hybridized carbons (Fsp3) is 0.923. The van der Waals surface area contributed by atoms with Gasteiger partial charge in [0, 0.05) is 19.1 Å². The van der Waals surface area contributed by atoms with Gasteiger partial charge < -0.3 is 4.90 Å². The zero-order valence-corrected chi connectivity index (χ0v) is 11.2. The second-order valence-corrected chi connectivity index (χ2v) is 5.53. The van der Waals surface area contributed by atoms with E-state index in [1.54, 1.807) is 9.80 Å². The van der Waals surface area contributed by atoms with Gasteiger partial charge in [-0.25, -0.2) is 0 Å². The molecule has 1 amide bonds. The molecule has 1 atom stereocenters. The highest BCUT2D eigenvalue weighted by Crippen LogP contribution is 2.33. The monoisotopic (exact) mass is 278 g/mol. The molecule has 110 valence electrons. The number of hydrogen-bond acceptors (Lipinski definition) is 2. The van der Waals surface area contributed by atoms with Crippen molar-refractivity contribution >= 4 is 5.91 Å². The van der Waals surface area contributed by atoms with E-state index < -0.39 is 12.1 Å². The Hall–Kier alpha value is -0.780. The van der Waals surface area contributed by atoms with Crippen molar-refractivity contribution in [3.63, 3.8) is 0 Å². The molecule has 1 saturated heterocycles. The number of piperidine rings is 1. The van der Waals surface area contributed by atoms with E-state index in [-0.39, 0.29) is 25.4 Å². The summed E-state index contributed by atoms with van der Waals surface area (Å²) in [6, 6.07) is 0.334. The van der Waals surface area contributed by atoms with Crippen molar-refractivity contribution in [3.05, 3.63) is 0 Å². The summed E-state index contributed by atoms with van der Waals surface area (Å²) in [6.07, 6.45) is -1.36. The predicted molar refractivity (Wildman–Crippen MR) is 65.6 cm³/mol. The zero-order chi connectivity index (χ0) is 14.0. The van der Waals surface area contributed by atoms with Crippen LogP contribution in [0.1, 0.15) is 32.6 Å². The van der Waals surface area contributed by atoms with Crippen LogP contribution in [0.25, 0.3) is 0 Å². The summed E-state index contributed by atoms with van der Waals surface area (Å²) in [5.74, 6) is -1.29. The number of nitrogens with zero attached hydrogens (tertiary/aromatic N) is 2. The maximum Gasteiger partial charge on any atom is 0.393 e. The van der Waals surface area contributed by atoms with Crippen molar-refractivity contribution in [2.45, 2.75) is 44.8 Å². The SMILES string of the molecule is CCN(C(=O)CN1CCC[C@H](C(F)(F)F)C1)C1CC1. The lowest BCUT2D eigenvalue weighted by atomic mass is 9.97. The van der Waals surface area contributed by atoms with Gasteiger partial charge in [0.2, 0.25) is 5.91 Å². The molecule has 2 aliphatic rings.